The van der Waals surface area contributed by atoms with Crippen LogP contribution in [0.4, 0.5) is 0 Å². The van der Waals surface area contributed by atoms with Gasteiger partial charge >= 0.3 is 34.1 Å². The standard InChI is InChI=1S/C6H8O7.Cu.Fe/c7-3(8)1-6(13,5(11)12)2-4(9)10;;/h13H,1-2H2,(H,7,8)(H,9,10)(H,11,12);;/q;2*+2/p-3. The number of carbonyl (C=O) groups excluding carboxylic acids is 3. The van der Waals surface area contributed by atoms with Crippen LogP contribution in [0.1, 0.15) is 12.8 Å². The van der Waals surface area contributed by atoms with Crippen LogP contribution >= 0.6 is 0 Å². The molecule has 0 heterocycles. The summed E-state index contributed by atoms with van der Waals surface area (Å²) in [6, 6.07) is 0. The molecule has 15 heavy (non-hydrogen) atoms. The molecule has 0 aromatic carbocycles. The van der Waals surface area contributed by atoms with Gasteiger partial charge in [0.05, 0.1) is 5.97 Å². The summed E-state index contributed by atoms with van der Waals surface area (Å²) in [5.74, 6) is -5.98. The van der Waals surface area contributed by atoms with Crippen molar-refractivity contribution in [1.29, 1.82) is 0 Å². The predicted octanol–water partition coefficient (Wildman–Crippen LogP) is -5.26. The van der Waals surface area contributed by atoms with Gasteiger partial charge in [0.1, 0.15) is 5.60 Å². The molecule has 0 atom stereocenters. The second-order valence-corrected chi connectivity index (χ2v) is 2.42. The molecule has 0 aliphatic carbocycles. The van der Waals surface area contributed by atoms with Gasteiger partial charge in [-0.3, -0.25) is 0 Å². The molecule has 7 nitrogen and oxygen atoms in total. The van der Waals surface area contributed by atoms with Crippen LogP contribution in [0.15, 0.2) is 0 Å². The second kappa shape index (κ2) is 7.67. The van der Waals surface area contributed by atoms with Crippen LogP contribution < -0.4 is 15.3 Å². The van der Waals surface area contributed by atoms with Gasteiger partial charge in [0.15, 0.2) is 0 Å². The summed E-state index contributed by atoms with van der Waals surface area (Å²) >= 11 is 0. The Morgan fingerprint density at radius 1 is 1.00 bits per heavy atom. The Bertz CT molecular complexity index is 238. The normalized spacial score (nSPS) is 9.40. The Morgan fingerprint density at radius 3 is 1.40 bits per heavy atom. The van der Waals surface area contributed by atoms with Gasteiger partial charge in [0.2, 0.25) is 0 Å². The van der Waals surface area contributed by atoms with Gasteiger partial charge < -0.3 is 34.8 Å². The molecule has 0 fully saturated rings. The van der Waals surface area contributed by atoms with Gasteiger partial charge in [0.25, 0.3) is 0 Å². The Kier molecular flexibility index (Phi) is 10.2. The van der Waals surface area contributed by atoms with E-state index in [2.05, 4.69) is 0 Å². The first-order valence-corrected chi connectivity index (χ1v) is 3.11. The van der Waals surface area contributed by atoms with E-state index in [1.54, 1.807) is 0 Å². The second-order valence-electron chi connectivity index (χ2n) is 2.42. The van der Waals surface area contributed by atoms with Crippen LogP contribution in [0, 0.1) is 0 Å². The van der Waals surface area contributed by atoms with Gasteiger partial charge in [-0.25, -0.2) is 0 Å². The third kappa shape index (κ3) is 7.35. The first kappa shape index (κ1) is 19.9. The zero-order valence-corrected chi connectivity index (χ0v) is 9.01. The summed E-state index contributed by atoms with van der Waals surface area (Å²) in [7, 11) is 0. The van der Waals surface area contributed by atoms with E-state index in [0.29, 0.717) is 0 Å². The molecule has 9 heteroatoms. The fourth-order valence-corrected chi connectivity index (χ4v) is 0.684. The third-order valence-electron chi connectivity index (χ3n) is 1.25. The molecule has 1 radical (unpaired) electrons. The molecule has 0 spiro atoms. The van der Waals surface area contributed by atoms with Crippen LogP contribution in [0.25, 0.3) is 0 Å². The Hall–Kier alpha value is -0.591. The molecule has 0 aliphatic rings. The van der Waals surface area contributed by atoms with E-state index in [9.17, 15) is 29.7 Å². The van der Waals surface area contributed by atoms with E-state index in [4.69, 9.17) is 5.11 Å². The van der Waals surface area contributed by atoms with Crippen molar-refractivity contribution >= 4 is 17.9 Å². The van der Waals surface area contributed by atoms with Crippen molar-refractivity contribution in [3.05, 3.63) is 0 Å². The molecule has 0 amide bonds. The topological polar surface area (TPSA) is 141 Å². The molecule has 0 saturated carbocycles. The maximum Gasteiger partial charge on any atom is 2.00 e. The minimum absolute atomic E-state index is 0. The molecule has 89 valence electrons. The van der Waals surface area contributed by atoms with Crippen LogP contribution in [0.3, 0.4) is 0 Å². The number of aliphatic carboxylic acids is 3. The van der Waals surface area contributed by atoms with E-state index in [-0.39, 0.29) is 34.1 Å². The van der Waals surface area contributed by atoms with Gasteiger partial charge in [-0.15, -0.1) is 0 Å². The molecule has 0 aromatic rings. The minimum Gasteiger partial charge on any atom is -0.550 e. The van der Waals surface area contributed by atoms with Crippen molar-refractivity contribution in [3.63, 3.8) is 0 Å². The number of carboxylic acid groups (broad SMARTS) is 3. The van der Waals surface area contributed by atoms with Crippen LogP contribution in [-0.4, -0.2) is 28.6 Å². The van der Waals surface area contributed by atoms with Crippen molar-refractivity contribution in [2.24, 2.45) is 0 Å². The summed E-state index contributed by atoms with van der Waals surface area (Å²) in [4.78, 5) is 30.0. The first-order valence-electron chi connectivity index (χ1n) is 3.11. The summed E-state index contributed by atoms with van der Waals surface area (Å²) in [5, 5.41) is 38.9. The molecule has 0 rings (SSSR count). The van der Waals surface area contributed by atoms with Crippen LogP contribution in [0.2, 0.25) is 0 Å². The fraction of sp³-hybridized carbons (Fsp3) is 0.500. The van der Waals surface area contributed by atoms with Gasteiger partial charge in [0, 0.05) is 24.8 Å². The van der Waals surface area contributed by atoms with E-state index in [0.717, 1.165) is 0 Å². The number of hydrogen-bond acceptors (Lipinski definition) is 7. The monoisotopic (exact) mass is 308 g/mol. The molecule has 1 N–H and O–H groups in total. The van der Waals surface area contributed by atoms with E-state index in [1.807, 2.05) is 0 Å². The number of aliphatic hydroxyl groups is 1. The smallest absolute Gasteiger partial charge is 0.550 e. The minimum atomic E-state index is -2.97. The van der Waals surface area contributed by atoms with Crippen LogP contribution in [0.5, 0.6) is 0 Å². The van der Waals surface area contributed by atoms with Gasteiger partial charge in [-0.05, 0) is 0 Å². The maximum atomic E-state index is 10.1. The van der Waals surface area contributed by atoms with E-state index >= 15 is 0 Å². The number of hydrogen-bond donors (Lipinski definition) is 1. The van der Waals surface area contributed by atoms with Crippen molar-refractivity contribution in [2.75, 3.05) is 0 Å². The van der Waals surface area contributed by atoms with Crippen molar-refractivity contribution < 1.29 is 68.9 Å². The van der Waals surface area contributed by atoms with Crippen LogP contribution in [-0.2, 0) is 48.5 Å². The zero-order valence-electron chi connectivity index (χ0n) is 6.97. The average molecular weight is 308 g/mol. The number of carboxylic acids is 3. The summed E-state index contributed by atoms with van der Waals surface area (Å²) in [6.45, 7) is 0. The van der Waals surface area contributed by atoms with E-state index in [1.165, 1.54) is 0 Å². The molecule has 0 saturated heterocycles. The summed E-state index contributed by atoms with van der Waals surface area (Å²) in [6.07, 6.45) is -2.72. The fourth-order valence-electron chi connectivity index (χ4n) is 0.684. The summed E-state index contributed by atoms with van der Waals surface area (Å²) < 4.78 is 0. The molecule has 0 unspecified atom stereocenters. The Balaban J connectivity index is -0.000000720. The van der Waals surface area contributed by atoms with Gasteiger partial charge in [-0.1, -0.05) is 0 Å². The molecule has 0 bridgehead atoms. The van der Waals surface area contributed by atoms with Gasteiger partial charge in [-0.2, -0.15) is 0 Å². The van der Waals surface area contributed by atoms with Crippen molar-refractivity contribution in [2.45, 2.75) is 18.4 Å². The Morgan fingerprint density at radius 2 is 1.27 bits per heavy atom. The van der Waals surface area contributed by atoms with Crippen molar-refractivity contribution in [3.8, 4) is 0 Å². The van der Waals surface area contributed by atoms with Crippen molar-refractivity contribution in [1.82, 2.24) is 0 Å². The summed E-state index contributed by atoms with van der Waals surface area (Å²) in [5.41, 5.74) is -2.97. The molecule has 0 aliphatic heterocycles. The average Bonchev–Trinajstić information content (AvgIpc) is 1.82. The SMILES string of the molecule is O=C([O-])CC(O)(CC(=O)[O-])C(=O)[O-].[Cu+2].[Fe+2]. The predicted molar refractivity (Wildman–Crippen MR) is 29.2 cm³/mol. The number of rotatable bonds is 5. The first-order chi connectivity index (χ1) is 5.78. The zero-order chi connectivity index (χ0) is 10.6. The maximum absolute atomic E-state index is 10.1. The molecular formula is C6H5CuFeO7+. The largest absolute Gasteiger partial charge is 2.00 e. The molecular weight excluding hydrogens is 303 g/mol. The number of carbonyl (C=O) groups is 3. The molecule has 0 aromatic heterocycles. The Labute approximate surface area is 105 Å². The quantitative estimate of drug-likeness (QED) is 0.500. The van der Waals surface area contributed by atoms with E-state index < -0.39 is 36.4 Å². The third-order valence-corrected chi connectivity index (χ3v) is 1.25.